The van der Waals surface area contributed by atoms with Crippen molar-refractivity contribution in [2.75, 3.05) is 20.3 Å². The van der Waals surface area contributed by atoms with Gasteiger partial charge in [0.05, 0.1) is 38.1 Å². The summed E-state index contributed by atoms with van der Waals surface area (Å²) in [5, 5.41) is 59.8. The highest BCUT2D eigenvalue weighted by Crippen LogP contribution is 2.60. The number of phenolic OH excluding ortho intramolecular Hbond substituents is 1. The predicted octanol–water partition coefficient (Wildman–Crippen LogP) is -2.01. The molecular weight excluding hydrogens is 484 g/mol. The maximum absolute atomic E-state index is 12.9. The second kappa shape index (κ2) is 9.43. The molecule has 3 heterocycles. The lowest BCUT2D eigenvalue weighted by molar-refractivity contribution is -0.344. The quantitative estimate of drug-likeness (QED) is 0.173. The molecule has 0 bridgehead atoms. The van der Waals surface area contributed by atoms with Gasteiger partial charge in [-0.2, -0.15) is 0 Å². The molecule has 13 nitrogen and oxygen atoms in total. The molecule has 4 aliphatic rings. The molecular formula is C23H28O13. The third-order valence-electron chi connectivity index (χ3n) is 7.26. The second-order valence-corrected chi connectivity index (χ2v) is 9.18. The van der Waals surface area contributed by atoms with Crippen molar-refractivity contribution in [2.45, 2.75) is 54.8 Å². The molecule has 0 radical (unpaired) electrons. The number of carbonyl (C=O) groups is 1. The fourth-order valence-corrected chi connectivity index (χ4v) is 5.28. The van der Waals surface area contributed by atoms with E-state index in [0.717, 1.165) is 0 Å². The molecule has 3 aliphatic heterocycles. The number of hydrogen-bond donors (Lipinski definition) is 6. The molecule has 0 amide bonds. The summed E-state index contributed by atoms with van der Waals surface area (Å²) in [6.45, 7) is -1.07. The van der Waals surface area contributed by atoms with Crippen LogP contribution in [-0.2, 0) is 23.7 Å². The molecule has 1 aromatic carbocycles. The first-order valence-corrected chi connectivity index (χ1v) is 11.4. The monoisotopic (exact) mass is 512 g/mol. The maximum Gasteiger partial charge on any atom is 0.338 e. The van der Waals surface area contributed by atoms with Gasteiger partial charge >= 0.3 is 5.97 Å². The molecule has 36 heavy (non-hydrogen) atoms. The van der Waals surface area contributed by atoms with E-state index in [9.17, 15) is 35.4 Å². The first kappa shape index (κ1) is 25.2. The van der Waals surface area contributed by atoms with Gasteiger partial charge in [0.1, 0.15) is 42.2 Å². The number of aromatic hydroxyl groups is 1. The summed E-state index contributed by atoms with van der Waals surface area (Å²) in [6, 6.07) is 4.02. The van der Waals surface area contributed by atoms with E-state index in [0.29, 0.717) is 0 Å². The van der Waals surface area contributed by atoms with Crippen molar-refractivity contribution in [2.24, 2.45) is 11.8 Å². The van der Waals surface area contributed by atoms with Crippen LogP contribution in [0.25, 0.3) is 0 Å². The summed E-state index contributed by atoms with van der Waals surface area (Å²) in [6.07, 6.45) is -7.19. The molecule has 11 atom stereocenters. The van der Waals surface area contributed by atoms with Crippen LogP contribution >= 0.6 is 0 Å². The van der Waals surface area contributed by atoms with Crippen LogP contribution in [0.3, 0.4) is 0 Å². The van der Waals surface area contributed by atoms with Crippen LogP contribution in [0.4, 0.5) is 0 Å². The highest BCUT2D eigenvalue weighted by atomic mass is 16.8. The molecule has 0 spiro atoms. The minimum atomic E-state index is -1.66. The number of esters is 1. The normalized spacial score (nSPS) is 42.7. The zero-order valence-corrected chi connectivity index (χ0v) is 19.1. The third-order valence-corrected chi connectivity index (χ3v) is 7.26. The number of fused-ring (bicyclic) bond motifs is 3. The number of benzene rings is 1. The Bertz CT molecular complexity index is 1010. The standard InChI is InChI=1S/C23H28O13/c1-31-12-6-9(2-3-11(12)26)20(30)34-18-10-4-5-32-21(14(10)23(8-25)19(18)36-23)35-22-17(29)16(28)15(27)13(7-24)33-22/h2-6,10,13-19,21-22,24-29H,7-8H2,1H3/t10-,13+,14+,15+,16-,17-,18-,19-,21-,22-,23+/m0/s1. The number of phenols is 1. The van der Waals surface area contributed by atoms with Crippen LogP contribution in [-0.4, -0.2) is 112 Å². The highest BCUT2D eigenvalue weighted by molar-refractivity contribution is 5.90. The summed E-state index contributed by atoms with van der Waals surface area (Å²) in [4.78, 5) is 12.9. The van der Waals surface area contributed by atoms with Crippen LogP contribution in [0.5, 0.6) is 11.5 Å². The molecule has 5 rings (SSSR count). The van der Waals surface area contributed by atoms with Crippen molar-refractivity contribution in [1.29, 1.82) is 0 Å². The Morgan fingerprint density at radius 2 is 1.89 bits per heavy atom. The van der Waals surface area contributed by atoms with Gasteiger partial charge in [-0.3, -0.25) is 0 Å². The molecule has 0 unspecified atom stereocenters. The zero-order chi connectivity index (χ0) is 25.8. The molecule has 1 saturated carbocycles. The minimum Gasteiger partial charge on any atom is -0.504 e. The lowest BCUT2D eigenvalue weighted by Gasteiger charge is -2.43. The molecule has 1 aliphatic carbocycles. The van der Waals surface area contributed by atoms with Crippen LogP contribution in [0, 0.1) is 11.8 Å². The Morgan fingerprint density at radius 3 is 2.58 bits per heavy atom. The van der Waals surface area contributed by atoms with E-state index >= 15 is 0 Å². The first-order chi connectivity index (χ1) is 17.2. The number of carbonyl (C=O) groups excluding carboxylic acids is 1. The van der Waals surface area contributed by atoms with Gasteiger partial charge < -0.3 is 59.1 Å². The largest absolute Gasteiger partial charge is 0.504 e. The van der Waals surface area contributed by atoms with Crippen molar-refractivity contribution in [3.8, 4) is 11.5 Å². The Balaban J connectivity index is 1.35. The Morgan fingerprint density at radius 1 is 1.11 bits per heavy atom. The zero-order valence-electron chi connectivity index (χ0n) is 19.1. The van der Waals surface area contributed by atoms with Gasteiger partial charge in [-0.15, -0.1) is 0 Å². The fraction of sp³-hybridized carbons (Fsp3) is 0.609. The fourth-order valence-electron chi connectivity index (χ4n) is 5.28. The minimum absolute atomic E-state index is 0.0973. The number of rotatable bonds is 7. The molecule has 0 aromatic heterocycles. The molecule has 6 N–H and O–H groups in total. The number of aliphatic hydroxyl groups is 5. The smallest absolute Gasteiger partial charge is 0.338 e. The van der Waals surface area contributed by atoms with E-state index in [-0.39, 0.29) is 17.1 Å². The average Bonchev–Trinajstić information content (AvgIpc) is 3.56. The molecule has 2 saturated heterocycles. The summed E-state index contributed by atoms with van der Waals surface area (Å²) >= 11 is 0. The van der Waals surface area contributed by atoms with Crippen LogP contribution in [0.1, 0.15) is 10.4 Å². The van der Waals surface area contributed by atoms with E-state index in [1.807, 2.05) is 0 Å². The number of hydrogen-bond acceptors (Lipinski definition) is 13. The van der Waals surface area contributed by atoms with E-state index in [4.69, 9.17) is 28.4 Å². The van der Waals surface area contributed by atoms with Gasteiger partial charge in [-0.1, -0.05) is 0 Å². The highest BCUT2D eigenvalue weighted by Gasteiger charge is 2.77. The van der Waals surface area contributed by atoms with E-state index in [1.54, 1.807) is 6.08 Å². The third kappa shape index (κ3) is 3.92. The Kier molecular flexibility index (Phi) is 6.59. The summed E-state index contributed by atoms with van der Waals surface area (Å²) < 4.78 is 33.4. The maximum atomic E-state index is 12.9. The average molecular weight is 512 g/mol. The van der Waals surface area contributed by atoms with Crippen LogP contribution in [0.2, 0.25) is 0 Å². The van der Waals surface area contributed by atoms with E-state index in [2.05, 4.69) is 0 Å². The summed E-state index contributed by atoms with van der Waals surface area (Å²) in [7, 11) is 1.35. The van der Waals surface area contributed by atoms with E-state index in [1.165, 1.54) is 31.6 Å². The van der Waals surface area contributed by atoms with E-state index < -0.39 is 85.8 Å². The number of methoxy groups -OCH3 is 1. The van der Waals surface area contributed by atoms with Gasteiger partial charge in [-0.05, 0) is 24.3 Å². The first-order valence-electron chi connectivity index (χ1n) is 11.4. The SMILES string of the molecule is COc1cc(C(=O)O[C@H]2[C@H]3C=CO[C@@H](O[C@@H]4O[C@H](CO)[C@@H](O)[C@H](O)[C@@H]4O)[C@@H]3[C@@]3(CO)O[C@@H]23)ccc1O. The molecule has 1 aromatic rings. The van der Waals surface area contributed by atoms with Crippen molar-refractivity contribution in [3.05, 3.63) is 36.1 Å². The van der Waals surface area contributed by atoms with Crippen molar-refractivity contribution < 1.29 is 63.9 Å². The van der Waals surface area contributed by atoms with Crippen molar-refractivity contribution >= 4 is 5.97 Å². The Hall–Kier alpha value is -2.49. The van der Waals surface area contributed by atoms with Gasteiger partial charge in [0.25, 0.3) is 0 Å². The molecule has 13 heteroatoms. The summed E-state index contributed by atoms with van der Waals surface area (Å²) in [5.74, 6) is -1.95. The molecule has 198 valence electrons. The predicted molar refractivity (Wildman–Crippen MR) is 114 cm³/mol. The van der Waals surface area contributed by atoms with Crippen LogP contribution in [0.15, 0.2) is 30.5 Å². The number of ether oxygens (including phenoxy) is 6. The lowest BCUT2D eigenvalue weighted by Crippen LogP contribution is -2.60. The van der Waals surface area contributed by atoms with Crippen molar-refractivity contribution in [1.82, 2.24) is 0 Å². The molecule has 3 fully saturated rings. The second-order valence-electron chi connectivity index (χ2n) is 9.18. The number of epoxide rings is 1. The van der Waals surface area contributed by atoms with Gasteiger partial charge in [0, 0.05) is 5.92 Å². The van der Waals surface area contributed by atoms with Crippen LogP contribution < -0.4 is 4.74 Å². The topological polar surface area (TPSA) is 197 Å². The van der Waals surface area contributed by atoms with Gasteiger partial charge in [0.2, 0.25) is 6.29 Å². The van der Waals surface area contributed by atoms with Crippen molar-refractivity contribution in [3.63, 3.8) is 0 Å². The van der Waals surface area contributed by atoms with Gasteiger partial charge in [-0.25, -0.2) is 4.79 Å². The Labute approximate surface area is 205 Å². The van der Waals surface area contributed by atoms with Gasteiger partial charge in [0.15, 0.2) is 17.8 Å². The number of aliphatic hydroxyl groups excluding tert-OH is 5. The lowest BCUT2D eigenvalue weighted by atomic mass is 9.85. The summed E-state index contributed by atoms with van der Waals surface area (Å²) in [5.41, 5.74) is -1.03.